The molecule has 0 heterocycles. The molecule has 2 rings (SSSR count). The van der Waals surface area contributed by atoms with Gasteiger partial charge < -0.3 is 5.73 Å². The maximum absolute atomic E-state index is 12.5. The molecule has 0 aliphatic rings. The average molecular weight is 283 g/mol. The SMILES string of the molecule is NC(=S)N/N=C(/C(=O)c1ccccc1)c1ccccc1. The standard InChI is InChI=1S/C15H13N3OS/c16-15(20)18-17-13(11-7-3-1-4-8-11)14(19)12-9-5-2-6-10-12/h1-10H,(H3,16,18,20)/b17-13+. The first-order chi connectivity index (χ1) is 9.68. The van der Waals surface area contributed by atoms with Crippen LogP contribution in [-0.4, -0.2) is 16.6 Å². The second-order valence-electron chi connectivity index (χ2n) is 4.00. The Morgan fingerprint density at radius 2 is 1.45 bits per heavy atom. The average Bonchev–Trinajstić information content (AvgIpc) is 2.49. The third-order valence-electron chi connectivity index (χ3n) is 2.58. The maximum Gasteiger partial charge on any atom is 0.213 e. The first-order valence-electron chi connectivity index (χ1n) is 5.97. The summed E-state index contributed by atoms with van der Waals surface area (Å²) in [6.07, 6.45) is 0. The lowest BCUT2D eigenvalue weighted by Gasteiger charge is -2.06. The molecule has 0 fully saturated rings. The Morgan fingerprint density at radius 3 is 1.95 bits per heavy atom. The fourth-order valence-corrected chi connectivity index (χ4v) is 1.73. The molecule has 0 amide bonds. The maximum atomic E-state index is 12.5. The van der Waals surface area contributed by atoms with E-state index >= 15 is 0 Å². The number of nitrogens with one attached hydrogen (secondary N) is 1. The first-order valence-corrected chi connectivity index (χ1v) is 6.37. The van der Waals surface area contributed by atoms with E-state index in [0.29, 0.717) is 11.1 Å². The van der Waals surface area contributed by atoms with Crippen molar-refractivity contribution >= 4 is 28.8 Å². The van der Waals surface area contributed by atoms with Crippen LogP contribution in [0.25, 0.3) is 0 Å². The summed E-state index contributed by atoms with van der Waals surface area (Å²) in [5.41, 5.74) is 9.35. The van der Waals surface area contributed by atoms with E-state index < -0.39 is 0 Å². The van der Waals surface area contributed by atoms with E-state index in [2.05, 4.69) is 10.5 Å². The number of nitrogens with two attached hydrogens (primary N) is 1. The largest absolute Gasteiger partial charge is 0.375 e. The fourth-order valence-electron chi connectivity index (χ4n) is 1.68. The van der Waals surface area contributed by atoms with Crippen LogP contribution in [0.5, 0.6) is 0 Å². The molecular formula is C15H13N3OS. The molecule has 0 aliphatic carbocycles. The molecule has 0 radical (unpaired) electrons. The summed E-state index contributed by atoms with van der Waals surface area (Å²) >= 11 is 4.72. The van der Waals surface area contributed by atoms with Gasteiger partial charge in [0, 0.05) is 11.1 Å². The second kappa shape index (κ2) is 6.58. The third kappa shape index (κ3) is 3.49. The lowest BCUT2D eigenvalue weighted by molar-refractivity contribution is 0.106. The van der Waals surface area contributed by atoms with Crippen molar-refractivity contribution in [2.24, 2.45) is 10.8 Å². The van der Waals surface area contributed by atoms with E-state index in [1.165, 1.54) is 0 Å². The van der Waals surface area contributed by atoms with E-state index in [-0.39, 0.29) is 16.6 Å². The predicted molar refractivity (Wildman–Crippen MR) is 83.7 cm³/mol. The highest BCUT2D eigenvalue weighted by molar-refractivity contribution is 7.80. The fraction of sp³-hybridized carbons (Fsp3) is 0. The number of Topliss-reactive ketones (excluding diaryl/α,β-unsaturated/α-hetero) is 1. The zero-order chi connectivity index (χ0) is 14.4. The molecule has 0 saturated carbocycles. The number of carbonyl (C=O) groups is 1. The van der Waals surface area contributed by atoms with Gasteiger partial charge >= 0.3 is 0 Å². The van der Waals surface area contributed by atoms with Gasteiger partial charge in [-0.25, -0.2) is 0 Å². The second-order valence-corrected chi connectivity index (χ2v) is 4.44. The zero-order valence-electron chi connectivity index (χ0n) is 10.6. The topological polar surface area (TPSA) is 67.5 Å². The smallest absolute Gasteiger partial charge is 0.213 e. The summed E-state index contributed by atoms with van der Waals surface area (Å²) in [4.78, 5) is 12.5. The van der Waals surface area contributed by atoms with Gasteiger partial charge in [-0.3, -0.25) is 10.2 Å². The van der Waals surface area contributed by atoms with Crippen molar-refractivity contribution in [2.75, 3.05) is 0 Å². The summed E-state index contributed by atoms with van der Waals surface area (Å²) < 4.78 is 0. The molecule has 3 N–H and O–H groups in total. The van der Waals surface area contributed by atoms with Crippen molar-refractivity contribution in [3.63, 3.8) is 0 Å². The van der Waals surface area contributed by atoms with Gasteiger partial charge in [0.1, 0.15) is 5.71 Å². The number of hydrogen-bond donors (Lipinski definition) is 2. The van der Waals surface area contributed by atoms with E-state index in [1.807, 2.05) is 24.3 Å². The number of benzene rings is 2. The Labute approximate surface area is 122 Å². The van der Waals surface area contributed by atoms with E-state index in [4.69, 9.17) is 18.0 Å². The van der Waals surface area contributed by atoms with Gasteiger partial charge in [-0.2, -0.15) is 5.10 Å². The number of thiocarbonyl (C=S) groups is 1. The molecule has 0 atom stereocenters. The highest BCUT2D eigenvalue weighted by Crippen LogP contribution is 2.08. The lowest BCUT2D eigenvalue weighted by Crippen LogP contribution is -2.28. The van der Waals surface area contributed by atoms with Crippen LogP contribution in [0, 0.1) is 0 Å². The monoisotopic (exact) mass is 283 g/mol. The molecule has 0 unspecified atom stereocenters. The number of nitrogens with zero attached hydrogens (tertiary/aromatic N) is 1. The number of carbonyl (C=O) groups excluding carboxylic acids is 1. The molecule has 0 aliphatic heterocycles. The van der Waals surface area contributed by atoms with Crippen LogP contribution in [0.1, 0.15) is 15.9 Å². The molecule has 5 heteroatoms. The molecule has 2 aromatic rings. The molecule has 4 nitrogen and oxygen atoms in total. The zero-order valence-corrected chi connectivity index (χ0v) is 11.4. The van der Waals surface area contributed by atoms with Gasteiger partial charge in [0.2, 0.25) is 5.78 Å². The molecular weight excluding hydrogens is 270 g/mol. The molecule has 20 heavy (non-hydrogen) atoms. The third-order valence-corrected chi connectivity index (χ3v) is 2.67. The van der Waals surface area contributed by atoms with Crippen molar-refractivity contribution in [3.8, 4) is 0 Å². The van der Waals surface area contributed by atoms with Crippen LogP contribution >= 0.6 is 12.2 Å². The van der Waals surface area contributed by atoms with Crippen LogP contribution in [0.3, 0.4) is 0 Å². The Balaban J connectivity index is 2.40. The molecule has 2 aromatic carbocycles. The minimum Gasteiger partial charge on any atom is -0.375 e. The van der Waals surface area contributed by atoms with Crippen molar-refractivity contribution in [2.45, 2.75) is 0 Å². The molecule has 0 aromatic heterocycles. The Hall–Kier alpha value is -2.53. The highest BCUT2D eigenvalue weighted by Gasteiger charge is 2.16. The number of hydrogen-bond acceptors (Lipinski definition) is 3. The van der Waals surface area contributed by atoms with Gasteiger partial charge in [0.25, 0.3) is 0 Å². The quantitative estimate of drug-likeness (QED) is 0.390. The highest BCUT2D eigenvalue weighted by atomic mass is 32.1. The van der Waals surface area contributed by atoms with Crippen LogP contribution in [0.4, 0.5) is 0 Å². The van der Waals surface area contributed by atoms with Gasteiger partial charge in [0.05, 0.1) is 0 Å². The van der Waals surface area contributed by atoms with E-state index in [9.17, 15) is 4.79 Å². The van der Waals surface area contributed by atoms with Crippen molar-refractivity contribution in [1.29, 1.82) is 0 Å². The predicted octanol–water partition coefficient (Wildman–Crippen LogP) is 2.11. The van der Waals surface area contributed by atoms with Crippen LogP contribution < -0.4 is 11.2 Å². The van der Waals surface area contributed by atoms with Gasteiger partial charge in [-0.05, 0) is 12.2 Å². The lowest BCUT2D eigenvalue weighted by atomic mass is 10.0. The van der Waals surface area contributed by atoms with E-state index in [0.717, 1.165) is 0 Å². The summed E-state index contributed by atoms with van der Waals surface area (Å²) in [6.45, 7) is 0. The summed E-state index contributed by atoms with van der Waals surface area (Å²) in [7, 11) is 0. The van der Waals surface area contributed by atoms with Crippen LogP contribution in [-0.2, 0) is 0 Å². The van der Waals surface area contributed by atoms with Crippen molar-refractivity contribution < 1.29 is 4.79 Å². The molecule has 0 spiro atoms. The Kier molecular flexibility index (Phi) is 4.57. The minimum atomic E-state index is -0.194. The summed E-state index contributed by atoms with van der Waals surface area (Å²) in [5.74, 6) is -0.194. The van der Waals surface area contributed by atoms with Crippen molar-refractivity contribution in [1.82, 2.24) is 5.43 Å². The number of ketones is 1. The molecule has 0 saturated heterocycles. The van der Waals surface area contributed by atoms with Gasteiger partial charge in [-0.1, -0.05) is 60.7 Å². The minimum absolute atomic E-state index is 0.0132. The van der Waals surface area contributed by atoms with Crippen molar-refractivity contribution in [3.05, 3.63) is 71.8 Å². The number of rotatable bonds is 4. The van der Waals surface area contributed by atoms with Crippen LogP contribution in [0.15, 0.2) is 65.8 Å². The summed E-state index contributed by atoms with van der Waals surface area (Å²) in [5, 5.41) is 4.03. The van der Waals surface area contributed by atoms with Crippen LogP contribution in [0.2, 0.25) is 0 Å². The Morgan fingerprint density at radius 1 is 0.950 bits per heavy atom. The summed E-state index contributed by atoms with van der Waals surface area (Å²) in [6, 6.07) is 18.1. The Bertz CT molecular complexity index is 639. The molecule has 0 bridgehead atoms. The molecule has 100 valence electrons. The van der Waals surface area contributed by atoms with Gasteiger partial charge in [-0.15, -0.1) is 0 Å². The van der Waals surface area contributed by atoms with E-state index in [1.54, 1.807) is 36.4 Å². The first kappa shape index (κ1) is 13.9. The van der Waals surface area contributed by atoms with Gasteiger partial charge in [0.15, 0.2) is 5.11 Å². The normalized spacial score (nSPS) is 10.9. The number of hydrazone groups is 1.